The Labute approximate surface area is 151 Å². The van der Waals surface area contributed by atoms with Crippen molar-refractivity contribution in [1.29, 1.82) is 0 Å². The van der Waals surface area contributed by atoms with Crippen LogP contribution in [-0.2, 0) is 6.54 Å². The fourth-order valence-corrected chi connectivity index (χ4v) is 2.89. The van der Waals surface area contributed by atoms with Crippen LogP contribution in [0.3, 0.4) is 0 Å². The van der Waals surface area contributed by atoms with Gasteiger partial charge >= 0.3 is 5.69 Å². The number of nitrogens with zero attached hydrogens (tertiary/aromatic N) is 4. The fraction of sp³-hybridized carbons (Fsp3) is 0.444. The summed E-state index contributed by atoms with van der Waals surface area (Å²) in [5.74, 6) is 0.323. The maximum atomic E-state index is 12.2. The van der Waals surface area contributed by atoms with E-state index in [4.69, 9.17) is 0 Å². The van der Waals surface area contributed by atoms with E-state index in [9.17, 15) is 9.59 Å². The van der Waals surface area contributed by atoms with Crippen molar-refractivity contribution >= 4 is 11.0 Å². The van der Waals surface area contributed by atoms with E-state index in [1.807, 2.05) is 44.6 Å². The van der Waals surface area contributed by atoms with Crippen LogP contribution in [0.15, 0.2) is 21.7 Å². The van der Waals surface area contributed by atoms with E-state index in [1.54, 1.807) is 0 Å². The summed E-state index contributed by atoms with van der Waals surface area (Å²) in [7, 11) is 4.05. The molecule has 2 N–H and O–H groups in total. The Kier molecular flexibility index (Phi) is 5.15. The fourth-order valence-electron chi connectivity index (χ4n) is 2.89. The molecule has 0 saturated carbocycles. The van der Waals surface area contributed by atoms with E-state index in [1.165, 1.54) is 0 Å². The van der Waals surface area contributed by atoms with Crippen LogP contribution in [0.2, 0.25) is 0 Å². The maximum Gasteiger partial charge on any atom is 0.349 e. The molecular weight excluding hydrogens is 332 g/mol. The van der Waals surface area contributed by atoms with Crippen molar-refractivity contribution in [3.63, 3.8) is 0 Å². The van der Waals surface area contributed by atoms with Crippen LogP contribution in [0, 0.1) is 13.8 Å². The highest BCUT2D eigenvalue weighted by atomic mass is 16.2. The van der Waals surface area contributed by atoms with Crippen molar-refractivity contribution in [2.24, 2.45) is 0 Å². The zero-order chi connectivity index (χ0) is 18.8. The van der Waals surface area contributed by atoms with Gasteiger partial charge in [0, 0.05) is 26.2 Å². The lowest BCUT2D eigenvalue weighted by Gasteiger charge is -2.18. The van der Waals surface area contributed by atoms with E-state index in [2.05, 4.69) is 25.2 Å². The largest absolute Gasteiger partial charge is 0.349 e. The molecule has 2 aliphatic heterocycles. The highest BCUT2D eigenvalue weighted by molar-refractivity contribution is 5.81. The van der Waals surface area contributed by atoms with Crippen LogP contribution < -0.4 is 16.6 Å². The lowest BCUT2D eigenvalue weighted by Crippen LogP contribution is -2.32. The van der Waals surface area contributed by atoms with Gasteiger partial charge in [-0.1, -0.05) is 0 Å². The minimum atomic E-state index is -0.651. The Morgan fingerprint density at radius 2 is 1.85 bits per heavy atom. The third-order valence-corrected chi connectivity index (χ3v) is 4.47. The summed E-state index contributed by atoms with van der Waals surface area (Å²) in [6, 6.07) is 3.99. The van der Waals surface area contributed by atoms with Crippen molar-refractivity contribution in [3.8, 4) is 11.5 Å². The van der Waals surface area contributed by atoms with E-state index < -0.39 is 11.2 Å². The van der Waals surface area contributed by atoms with Gasteiger partial charge in [-0.15, -0.1) is 0 Å². The Hall–Kier alpha value is -2.58. The van der Waals surface area contributed by atoms with Gasteiger partial charge in [0.2, 0.25) is 0 Å². The molecule has 3 rings (SSSR count). The molecule has 26 heavy (non-hydrogen) atoms. The predicted octanol–water partition coefficient (Wildman–Crippen LogP) is 0.353. The van der Waals surface area contributed by atoms with Crippen LogP contribution in [0.5, 0.6) is 0 Å². The summed E-state index contributed by atoms with van der Waals surface area (Å²) in [5, 5.41) is 3.38. The zero-order valence-corrected chi connectivity index (χ0v) is 15.6. The van der Waals surface area contributed by atoms with Crippen molar-refractivity contribution < 1.29 is 0 Å². The first-order valence-corrected chi connectivity index (χ1v) is 8.64. The van der Waals surface area contributed by atoms with Gasteiger partial charge in [-0.3, -0.25) is 9.78 Å². The molecule has 0 spiro atoms. The molecule has 0 amide bonds. The number of aromatic nitrogens is 4. The van der Waals surface area contributed by atoms with Crippen LogP contribution in [0.25, 0.3) is 22.6 Å². The van der Waals surface area contributed by atoms with Crippen LogP contribution in [0.4, 0.5) is 0 Å². The normalized spacial score (nSPS) is 11.7. The lowest BCUT2D eigenvalue weighted by molar-refractivity contribution is 0.398. The Balaban J connectivity index is 2.08. The molecule has 8 heteroatoms. The minimum absolute atomic E-state index is 0.189. The number of benzene rings is 1. The number of H-pyrrole nitrogens is 1. The molecule has 2 heterocycles. The van der Waals surface area contributed by atoms with Crippen LogP contribution >= 0.6 is 0 Å². The second kappa shape index (κ2) is 7.35. The predicted molar refractivity (Wildman–Crippen MR) is 102 cm³/mol. The van der Waals surface area contributed by atoms with Gasteiger partial charge in [-0.25, -0.2) is 9.78 Å². The standard InChI is InChI=1S/C18H24N6O2/c1-11-9-13-14(10-12(11)2)24(8-6-19-5-7-23(3)4)16-15(20-13)17(25)22-18(26)21-16/h9-10,19H,5-8H2,1-4H3,(H,22,25,26). The first-order valence-electron chi connectivity index (χ1n) is 8.64. The summed E-state index contributed by atoms with van der Waals surface area (Å²) in [5.41, 5.74) is 2.85. The third kappa shape index (κ3) is 3.66. The van der Waals surface area contributed by atoms with Gasteiger partial charge < -0.3 is 14.8 Å². The summed E-state index contributed by atoms with van der Waals surface area (Å²) in [4.78, 5) is 36.7. The van der Waals surface area contributed by atoms with E-state index in [0.29, 0.717) is 18.9 Å². The molecule has 0 unspecified atom stereocenters. The molecule has 0 aliphatic carbocycles. The average Bonchev–Trinajstić information content (AvgIpc) is 2.56. The maximum absolute atomic E-state index is 12.2. The quantitative estimate of drug-likeness (QED) is 0.489. The monoisotopic (exact) mass is 356 g/mol. The van der Waals surface area contributed by atoms with Gasteiger partial charge in [0.05, 0.1) is 11.0 Å². The number of nitrogens with one attached hydrogen (secondary N) is 2. The molecule has 0 saturated heterocycles. The number of hydrogen-bond acceptors (Lipinski definition) is 6. The second-order valence-electron chi connectivity index (χ2n) is 6.79. The number of hydrogen-bond donors (Lipinski definition) is 2. The number of rotatable bonds is 6. The Bertz CT molecular complexity index is 1020. The second-order valence-corrected chi connectivity index (χ2v) is 6.79. The molecule has 0 atom stereocenters. The zero-order valence-electron chi connectivity index (χ0n) is 15.6. The summed E-state index contributed by atoms with van der Waals surface area (Å²) >= 11 is 0. The smallest absolute Gasteiger partial charge is 0.321 e. The summed E-state index contributed by atoms with van der Waals surface area (Å²) < 4.78 is 1.91. The van der Waals surface area contributed by atoms with Gasteiger partial charge in [0.1, 0.15) is 0 Å². The molecule has 0 aromatic heterocycles. The molecule has 0 fully saturated rings. The third-order valence-electron chi connectivity index (χ3n) is 4.47. The topological polar surface area (TPSA) is 95.9 Å². The highest BCUT2D eigenvalue weighted by Gasteiger charge is 2.18. The average molecular weight is 356 g/mol. The van der Waals surface area contributed by atoms with Gasteiger partial charge in [-0.2, -0.15) is 4.98 Å². The first-order chi connectivity index (χ1) is 12.4. The Morgan fingerprint density at radius 3 is 2.58 bits per heavy atom. The number of fused-ring (bicyclic) bond motifs is 2. The number of aryl methyl sites for hydroxylation is 2. The molecule has 2 aliphatic rings. The van der Waals surface area contributed by atoms with Crippen molar-refractivity contribution in [2.45, 2.75) is 20.4 Å². The molecular formula is C18H24N6O2. The van der Waals surface area contributed by atoms with E-state index in [-0.39, 0.29) is 5.69 Å². The molecule has 1 aromatic carbocycles. The first kappa shape index (κ1) is 18.2. The SMILES string of the molecule is Cc1cc2nc3c(=O)[nH]c(=O)nc-3n(CCNCCN(C)C)c2cc1C. The van der Waals surface area contributed by atoms with Crippen molar-refractivity contribution in [3.05, 3.63) is 44.1 Å². The van der Waals surface area contributed by atoms with E-state index in [0.717, 1.165) is 35.2 Å². The van der Waals surface area contributed by atoms with Crippen molar-refractivity contribution in [2.75, 3.05) is 33.7 Å². The van der Waals surface area contributed by atoms with Gasteiger partial charge in [0.25, 0.3) is 5.56 Å². The van der Waals surface area contributed by atoms with Crippen molar-refractivity contribution in [1.82, 2.24) is 29.7 Å². The molecule has 0 bridgehead atoms. The highest BCUT2D eigenvalue weighted by Crippen LogP contribution is 2.23. The van der Waals surface area contributed by atoms with Gasteiger partial charge in [-0.05, 0) is 51.2 Å². The lowest BCUT2D eigenvalue weighted by atomic mass is 10.1. The molecule has 8 nitrogen and oxygen atoms in total. The van der Waals surface area contributed by atoms with E-state index >= 15 is 0 Å². The van der Waals surface area contributed by atoms with Gasteiger partial charge in [0.15, 0.2) is 11.5 Å². The van der Waals surface area contributed by atoms with Crippen LogP contribution in [-0.4, -0.2) is 58.1 Å². The number of aromatic amines is 1. The number of likely N-dealkylation sites (N-methyl/N-ethyl adjacent to an activating group) is 1. The Morgan fingerprint density at radius 1 is 1.12 bits per heavy atom. The van der Waals surface area contributed by atoms with Crippen LogP contribution in [0.1, 0.15) is 11.1 Å². The minimum Gasteiger partial charge on any atom is -0.321 e. The summed E-state index contributed by atoms with van der Waals surface area (Å²) in [6.45, 7) is 7.11. The molecule has 138 valence electrons. The summed E-state index contributed by atoms with van der Waals surface area (Å²) in [6.07, 6.45) is 0. The molecule has 1 aromatic rings. The molecule has 0 radical (unpaired) electrons.